The van der Waals surface area contributed by atoms with Gasteiger partial charge in [-0.15, -0.1) is 11.3 Å². The Hall–Kier alpha value is -7.21. The van der Waals surface area contributed by atoms with Gasteiger partial charge in [0.25, 0.3) is 0 Å². The number of hydrogen-bond donors (Lipinski definition) is 0. The third-order valence-electron chi connectivity index (χ3n) is 11.1. The first-order valence-corrected chi connectivity index (χ1v) is 19.6. The predicted octanol–water partition coefficient (Wildman–Crippen LogP) is 14.3. The second-order valence-electron chi connectivity index (χ2n) is 14.3. The summed E-state index contributed by atoms with van der Waals surface area (Å²) in [6, 6.07) is 62.1. The number of rotatable bonds is 4. The van der Waals surface area contributed by atoms with Crippen molar-refractivity contribution in [1.29, 1.82) is 0 Å². The fraction of sp³-hybridized carbons (Fsp3) is 0. The molecule has 0 aliphatic rings. The minimum absolute atomic E-state index is 0.600. The number of nitrogens with zero attached hydrogens (tertiary/aromatic N) is 3. The Kier molecular flexibility index (Phi) is 6.76. The summed E-state index contributed by atoms with van der Waals surface area (Å²) in [4.78, 5) is 15.6. The van der Waals surface area contributed by atoms with Crippen LogP contribution in [0.1, 0.15) is 0 Å². The molecule has 0 atom stereocenters. The van der Waals surface area contributed by atoms with Crippen LogP contribution in [-0.4, -0.2) is 15.0 Å². The van der Waals surface area contributed by atoms with E-state index < -0.39 is 0 Å². The van der Waals surface area contributed by atoms with Crippen molar-refractivity contribution in [1.82, 2.24) is 15.0 Å². The molecule has 3 heterocycles. The average Bonchev–Trinajstić information content (AvgIpc) is 3.84. The summed E-state index contributed by atoms with van der Waals surface area (Å²) in [5, 5.41) is 11.8. The minimum atomic E-state index is 0.600. The Balaban J connectivity index is 1.07. The van der Waals surface area contributed by atoms with Gasteiger partial charge in [0.15, 0.2) is 17.5 Å². The van der Waals surface area contributed by atoms with Crippen LogP contribution in [0.15, 0.2) is 180 Å². The van der Waals surface area contributed by atoms with E-state index in [0.29, 0.717) is 17.5 Å². The number of benzene rings is 9. The third kappa shape index (κ3) is 4.81. The van der Waals surface area contributed by atoms with E-state index in [1.807, 2.05) is 41.7 Å². The number of hydrogen-bond acceptors (Lipinski definition) is 5. The molecule has 0 aliphatic carbocycles. The molecular formula is C51H29N3OS. The second-order valence-corrected chi connectivity index (χ2v) is 15.4. The lowest BCUT2D eigenvalue weighted by Crippen LogP contribution is -2.01. The summed E-state index contributed by atoms with van der Waals surface area (Å²) in [5.41, 5.74) is 6.70. The predicted molar refractivity (Wildman–Crippen MR) is 234 cm³/mol. The van der Waals surface area contributed by atoms with Gasteiger partial charge in [0.05, 0.1) is 0 Å². The minimum Gasteiger partial charge on any atom is -0.456 e. The van der Waals surface area contributed by atoms with Gasteiger partial charge in [-0.25, -0.2) is 15.0 Å². The molecule has 0 saturated carbocycles. The van der Waals surface area contributed by atoms with Gasteiger partial charge in [-0.2, -0.15) is 0 Å². The molecule has 12 aromatic rings. The number of furan rings is 1. The number of fused-ring (bicyclic) bond motifs is 11. The maximum absolute atomic E-state index is 6.53. The third-order valence-corrected chi connectivity index (χ3v) is 12.3. The van der Waals surface area contributed by atoms with Gasteiger partial charge in [-0.1, -0.05) is 140 Å². The van der Waals surface area contributed by atoms with E-state index in [9.17, 15) is 0 Å². The van der Waals surface area contributed by atoms with Gasteiger partial charge in [0.1, 0.15) is 11.2 Å². The van der Waals surface area contributed by atoms with Crippen molar-refractivity contribution < 1.29 is 4.42 Å². The molecule has 0 radical (unpaired) electrons. The molecule has 0 saturated heterocycles. The van der Waals surface area contributed by atoms with E-state index in [0.717, 1.165) is 60.5 Å². The SMILES string of the molecule is c1ccc(-c2nc(-c3cc4ccccc4c4ccccc34)nc(-c3cccc4oc5ccc(-c6ccc7sc8c9ccccc9ccc8c7c6)cc5c34)n2)cc1. The molecular weight excluding hydrogens is 703 g/mol. The van der Waals surface area contributed by atoms with Crippen LogP contribution < -0.4 is 0 Å². The quantitative estimate of drug-likeness (QED) is 0.169. The van der Waals surface area contributed by atoms with Gasteiger partial charge in [0, 0.05) is 47.6 Å². The van der Waals surface area contributed by atoms with E-state index in [1.54, 1.807) is 0 Å². The first kappa shape index (κ1) is 31.2. The normalized spacial score (nSPS) is 11.9. The summed E-state index contributed by atoms with van der Waals surface area (Å²) in [5.74, 6) is 1.85. The van der Waals surface area contributed by atoms with Crippen LogP contribution in [0.4, 0.5) is 0 Å². The smallest absolute Gasteiger partial charge is 0.164 e. The topological polar surface area (TPSA) is 51.8 Å². The van der Waals surface area contributed by atoms with Crippen LogP contribution in [0, 0.1) is 0 Å². The van der Waals surface area contributed by atoms with Crippen molar-refractivity contribution in [2.75, 3.05) is 0 Å². The van der Waals surface area contributed by atoms with Crippen LogP contribution >= 0.6 is 11.3 Å². The monoisotopic (exact) mass is 731 g/mol. The molecule has 56 heavy (non-hydrogen) atoms. The first-order valence-electron chi connectivity index (χ1n) is 18.8. The second kappa shape index (κ2) is 12.2. The van der Waals surface area contributed by atoms with Gasteiger partial charge < -0.3 is 4.42 Å². The van der Waals surface area contributed by atoms with E-state index in [2.05, 4.69) is 146 Å². The van der Waals surface area contributed by atoms with Crippen molar-refractivity contribution >= 4 is 85.8 Å². The van der Waals surface area contributed by atoms with E-state index >= 15 is 0 Å². The van der Waals surface area contributed by atoms with Gasteiger partial charge in [-0.3, -0.25) is 0 Å². The van der Waals surface area contributed by atoms with Gasteiger partial charge in [0.2, 0.25) is 0 Å². The van der Waals surface area contributed by atoms with Crippen LogP contribution in [0.25, 0.3) is 120 Å². The largest absolute Gasteiger partial charge is 0.456 e. The number of thiophene rings is 1. The van der Waals surface area contributed by atoms with Crippen LogP contribution in [0.2, 0.25) is 0 Å². The Morgan fingerprint density at radius 3 is 1.89 bits per heavy atom. The molecule has 0 fully saturated rings. The van der Waals surface area contributed by atoms with Crippen LogP contribution in [-0.2, 0) is 0 Å². The Morgan fingerprint density at radius 1 is 0.357 bits per heavy atom. The number of aromatic nitrogens is 3. The van der Waals surface area contributed by atoms with E-state index in [4.69, 9.17) is 19.4 Å². The molecule has 0 amide bonds. The zero-order valence-corrected chi connectivity index (χ0v) is 30.7. The fourth-order valence-corrected chi connectivity index (χ4v) is 9.67. The molecule has 260 valence electrons. The molecule has 5 heteroatoms. The zero-order chi connectivity index (χ0) is 36.7. The highest BCUT2D eigenvalue weighted by Gasteiger charge is 2.20. The van der Waals surface area contributed by atoms with Gasteiger partial charge >= 0.3 is 0 Å². The fourth-order valence-electron chi connectivity index (χ4n) is 8.45. The van der Waals surface area contributed by atoms with E-state index in [1.165, 1.54) is 41.7 Å². The Bertz CT molecular complexity index is 3550. The molecule has 0 unspecified atom stereocenters. The highest BCUT2D eigenvalue weighted by molar-refractivity contribution is 7.26. The maximum atomic E-state index is 6.53. The molecule has 0 aliphatic heterocycles. The Morgan fingerprint density at radius 2 is 1.04 bits per heavy atom. The van der Waals surface area contributed by atoms with E-state index in [-0.39, 0.29) is 0 Å². The molecule has 4 nitrogen and oxygen atoms in total. The van der Waals surface area contributed by atoms with Crippen LogP contribution in [0.3, 0.4) is 0 Å². The van der Waals surface area contributed by atoms with Crippen molar-refractivity contribution in [3.63, 3.8) is 0 Å². The molecule has 0 N–H and O–H groups in total. The van der Waals surface area contributed by atoms with Crippen molar-refractivity contribution in [2.24, 2.45) is 0 Å². The van der Waals surface area contributed by atoms with Gasteiger partial charge in [-0.05, 0) is 79.8 Å². The highest BCUT2D eigenvalue weighted by atomic mass is 32.1. The summed E-state index contributed by atoms with van der Waals surface area (Å²) < 4.78 is 9.15. The molecule has 3 aromatic heterocycles. The van der Waals surface area contributed by atoms with Crippen LogP contribution in [0.5, 0.6) is 0 Å². The molecule has 0 bridgehead atoms. The van der Waals surface area contributed by atoms with Crippen molar-refractivity contribution in [2.45, 2.75) is 0 Å². The summed E-state index contributed by atoms with van der Waals surface area (Å²) in [7, 11) is 0. The molecule has 9 aromatic carbocycles. The first-order chi connectivity index (χ1) is 27.7. The summed E-state index contributed by atoms with van der Waals surface area (Å²) in [6.45, 7) is 0. The van der Waals surface area contributed by atoms with Crippen molar-refractivity contribution in [3.8, 4) is 45.3 Å². The highest BCUT2D eigenvalue weighted by Crippen LogP contribution is 2.43. The summed E-state index contributed by atoms with van der Waals surface area (Å²) >= 11 is 1.87. The molecule has 0 spiro atoms. The zero-order valence-electron chi connectivity index (χ0n) is 29.9. The lowest BCUT2D eigenvalue weighted by molar-refractivity contribution is 0.669. The maximum Gasteiger partial charge on any atom is 0.164 e. The molecule has 12 rings (SSSR count). The lowest BCUT2D eigenvalue weighted by atomic mass is 9.96. The Labute approximate surface area is 325 Å². The average molecular weight is 732 g/mol. The lowest BCUT2D eigenvalue weighted by Gasteiger charge is -2.12. The standard InChI is InChI=1S/C51H29N3OS/c1-2-12-31(13-3-1)49-52-50(54-51(53-49)42-29-34-14-5-6-15-35(34)37-17-8-9-18-38(37)42)40-19-10-20-45-47(40)43-28-32(22-25-44(43)55-45)33-23-26-46-41(27-33)39-24-21-30-11-4-7-16-36(30)48(39)56-46/h1-29H. The van der Waals surface area contributed by atoms with Crippen molar-refractivity contribution in [3.05, 3.63) is 176 Å². The summed E-state index contributed by atoms with van der Waals surface area (Å²) in [6.07, 6.45) is 0.